The predicted octanol–water partition coefficient (Wildman–Crippen LogP) is 5.99. The van der Waals surface area contributed by atoms with Crippen LogP contribution in [0.2, 0.25) is 0 Å². The van der Waals surface area contributed by atoms with Gasteiger partial charge in [-0.3, -0.25) is 9.79 Å². The molecule has 2 atom stereocenters. The predicted molar refractivity (Wildman–Crippen MR) is 173 cm³/mol. The SMILES string of the molecule is C=CC(=O)N1CCN(c2nc(=O)n3c4nc(c(F)cc24)-c2c(F)cccc2O[C@@H](C)CCCC(/C=C\N=C)=C3C(C)C)[C@@H](C)C1. The summed E-state index contributed by atoms with van der Waals surface area (Å²) in [6, 6.07) is 5.35. The fourth-order valence-electron chi connectivity index (χ4n) is 6.22. The van der Waals surface area contributed by atoms with Crippen LogP contribution in [0.1, 0.15) is 47.0 Å². The van der Waals surface area contributed by atoms with E-state index in [0.717, 1.165) is 5.57 Å². The van der Waals surface area contributed by atoms with Gasteiger partial charge in [-0.25, -0.2) is 23.1 Å². The maximum Gasteiger partial charge on any atom is 0.355 e. The zero-order valence-corrected chi connectivity index (χ0v) is 26.1. The maximum atomic E-state index is 16.2. The average molecular weight is 617 g/mol. The molecule has 1 saturated heterocycles. The van der Waals surface area contributed by atoms with Crippen LogP contribution in [-0.2, 0) is 4.79 Å². The third-order valence-corrected chi connectivity index (χ3v) is 8.28. The lowest BCUT2D eigenvalue weighted by atomic mass is 9.98. The number of pyridine rings is 1. The minimum Gasteiger partial charge on any atom is -0.490 e. The van der Waals surface area contributed by atoms with Crippen LogP contribution in [0, 0.1) is 17.6 Å². The van der Waals surface area contributed by atoms with Gasteiger partial charge in [0.25, 0.3) is 0 Å². The van der Waals surface area contributed by atoms with Gasteiger partial charge in [0.1, 0.15) is 23.1 Å². The second-order valence-corrected chi connectivity index (χ2v) is 11.8. The molecule has 2 bridgehead atoms. The molecule has 2 aliphatic heterocycles. The van der Waals surface area contributed by atoms with E-state index in [2.05, 4.69) is 23.3 Å². The Morgan fingerprint density at radius 1 is 1.18 bits per heavy atom. The molecule has 45 heavy (non-hydrogen) atoms. The summed E-state index contributed by atoms with van der Waals surface area (Å²) in [7, 11) is 0. The minimum absolute atomic E-state index is 0.115. The molecule has 2 aliphatic rings. The summed E-state index contributed by atoms with van der Waals surface area (Å²) < 4.78 is 39.4. The number of halogens is 2. The molecule has 0 unspecified atom stereocenters. The van der Waals surface area contributed by atoms with Gasteiger partial charge in [0.15, 0.2) is 11.5 Å². The van der Waals surface area contributed by atoms with E-state index in [9.17, 15) is 9.59 Å². The van der Waals surface area contributed by atoms with Crippen LogP contribution in [0.15, 0.2) is 64.6 Å². The van der Waals surface area contributed by atoms with Gasteiger partial charge < -0.3 is 14.5 Å². The Morgan fingerprint density at radius 2 is 1.96 bits per heavy atom. The molecule has 236 valence electrons. The van der Waals surface area contributed by atoms with Crippen LogP contribution in [0.4, 0.5) is 14.6 Å². The van der Waals surface area contributed by atoms with Crippen LogP contribution < -0.4 is 15.3 Å². The number of hydrogen-bond donors (Lipinski definition) is 0. The molecule has 0 saturated carbocycles. The normalized spacial score (nSPS) is 19.3. The third kappa shape index (κ3) is 6.16. The van der Waals surface area contributed by atoms with E-state index >= 15 is 8.78 Å². The number of aliphatic imine (C=N–C) groups is 1. The van der Waals surface area contributed by atoms with Gasteiger partial charge in [-0.05, 0) is 81.7 Å². The quantitative estimate of drug-likeness (QED) is 0.258. The van der Waals surface area contributed by atoms with Crippen molar-refractivity contribution < 1.29 is 18.3 Å². The summed E-state index contributed by atoms with van der Waals surface area (Å²) in [5.74, 6) is -1.44. The molecule has 0 N–H and O–H groups in total. The highest BCUT2D eigenvalue weighted by atomic mass is 19.1. The van der Waals surface area contributed by atoms with Gasteiger partial charge in [0.2, 0.25) is 5.91 Å². The summed E-state index contributed by atoms with van der Waals surface area (Å²) in [6.45, 7) is 15.9. The second-order valence-electron chi connectivity index (χ2n) is 11.8. The van der Waals surface area contributed by atoms with Crippen molar-refractivity contribution in [2.24, 2.45) is 10.9 Å². The third-order valence-electron chi connectivity index (χ3n) is 8.28. The molecule has 4 heterocycles. The van der Waals surface area contributed by atoms with Gasteiger partial charge in [-0.15, -0.1) is 0 Å². The Bertz CT molecular complexity index is 1780. The van der Waals surface area contributed by atoms with E-state index < -0.39 is 17.3 Å². The number of ether oxygens (including phenoxy) is 1. The van der Waals surface area contributed by atoms with Crippen molar-refractivity contribution in [3.05, 3.63) is 76.9 Å². The van der Waals surface area contributed by atoms with Crippen LogP contribution in [-0.4, -0.2) is 63.8 Å². The summed E-state index contributed by atoms with van der Waals surface area (Å²) >= 11 is 0. The Hall–Kier alpha value is -4.67. The van der Waals surface area contributed by atoms with Crippen molar-refractivity contribution in [2.75, 3.05) is 24.5 Å². The van der Waals surface area contributed by atoms with Crippen molar-refractivity contribution >= 4 is 35.2 Å². The number of anilines is 1. The first-order valence-electron chi connectivity index (χ1n) is 15.2. The zero-order chi connectivity index (χ0) is 32.4. The number of carbonyl (C=O) groups excluding carboxylic acids is 1. The van der Waals surface area contributed by atoms with Crippen molar-refractivity contribution in [1.29, 1.82) is 0 Å². The first-order valence-corrected chi connectivity index (χ1v) is 15.2. The Labute approximate surface area is 261 Å². The standard InChI is InChI=1S/C34H38F2N6O3/c1-7-28(43)40-16-17-41(21(4)19-40)32-24-18-26(36)30-29-25(35)12-9-13-27(29)45-22(5)10-8-11-23(14-15-37-6)31(20(2)3)42(33(24)38-30)34(44)39-32/h7,9,12-15,18,20-22H,1,6,8,10-11,16-17,19H2,2-5H3/b15-14-,31-23?/t21-,22-/m0/s1. The molecular weight excluding hydrogens is 578 g/mol. The van der Waals surface area contributed by atoms with Crippen LogP contribution in [0.25, 0.3) is 28.0 Å². The van der Waals surface area contributed by atoms with Crippen molar-refractivity contribution in [2.45, 2.75) is 59.1 Å². The number of rotatable bonds is 5. The number of benzene rings is 1. The molecule has 3 aromatic rings. The lowest BCUT2D eigenvalue weighted by Gasteiger charge is -2.40. The van der Waals surface area contributed by atoms with Crippen LogP contribution >= 0.6 is 0 Å². The van der Waals surface area contributed by atoms with Crippen LogP contribution in [0.3, 0.4) is 0 Å². The van der Waals surface area contributed by atoms with Gasteiger partial charge in [0, 0.05) is 37.6 Å². The number of carbonyl (C=O) groups is 1. The number of allylic oxidation sites excluding steroid dienone is 3. The topological polar surface area (TPSA) is 92.9 Å². The Balaban J connectivity index is 1.87. The van der Waals surface area contributed by atoms with Gasteiger partial charge in [0.05, 0.1) is 17.1 Å². The van der Waals surface area contributed by atoms with Crippen LogP contribution in [0.5, 0.6) is 5.75 Å². The van der Waals surface area contributed by atoms with E-state index in [4.69, 9.17) is 9.72 Å². The smallest absolute Gasteiger partial charge is 0.355 e. The number of amides is 1. The highest BCUT2D eigenvalue weighted by molar-refractivity contribution is 5.92. The number of fused-ring (bicyclic) bond motifs is 3. The average Bonchev–Trinajstić information content (AvgIpc) is 3.00. The van der Waals surface area contributed by atoms with Crippen molar-refractivity contribution in [3.63, 3.8) is 0 Å². The molecule has 11 heteroatoms. The maximum absolute atomic E-state index is 16.2. The number of piperazine rings is 1. The summed E-state index contributed by atoms with van der Waals surface area (Å²) in [4.78, 5) is 43.2. The fourth-order valence-corrected chi connectivity index (χ4v) is 6.22. The first-order chi connectivity index (χ1) is 21.5. The summed E-state index contributed by atoms with van der Waals surface area (Å²) in [5.41, 5.74) is 0.605. The van der Waals surface area contributed by atoms with Gasteiger partial charge in [-0.2, -0.15) is 4.98 Å². The molecule has 9 nitrogen and oxygen atoms in total. The Kier molecular flexibility index (Phi) is 9.27. The lowest BCUT2D eigenvalue weighted by Crippen LogP contribution is -2.54. The minimum atomic E-state index is -0.785. The molecular formula is C34H38F2N6O3. The van der Waals surface area contributed by atoms with E-state index in [1.807, 2.05) is 38.7 Å². The zero-order valence-electron chi connectivity index (χ0n) is 26.1. The fraction of sp³-hybridized carbons (Fsp3) is 0.382. The largest absolute Gasteiger partial charge is 0.490 e. The van der Waals surface area contributed by atoms with Crippen molar-refractivity contribution in [3.8, 4) is 17.0 Å². The molecule has 0 spiro atoms. The Morgan fingerprint density at radius 3 is 2.64 bits per heavy atom. The monoisotopic (exact) mass is 616 g/mol. The molecule has 2 aromatic heterocycles. The highest BCUT2D eigenvalue weighted by Crippen LogP contribution is 2.38. The van der Waals surface area contributed by atoms with E-state index in [1.54, 1.807) is 17.2 Å². The van der Waals surface area contributed by atoms with E-state index in [-0.39, 0.29) is 57.8 Å². The second kappa shape index (κ2) is 13.1. The number of aromatic nitrogens is 3. The van der Waals surface area contributed by atoms with E-state index in [1.165, 1.54) is 28.8 Å². The van der Waals surface area contributed by atoms with E-state index in [0.29, 0.717) is 44.6 Å². The molecule has 5 rings (SSSR count). The van der Waals surface area contributed by atoms with Gasteiger partial charge in [-0.1, -0.05) is 26.5 Å². The number of nitrogens with zero attached hydrogens (tertiary/aromatic N) is 6. The van der Waals surface area contributed by atoms with Crippen molar-refractivity contribution in [1.82, 2.24) is 19.4 Å². The summed E-state index contributed by atoms with van der Waals surface area (Å²) in [6.07, 6.45) is 6.22. The molecule has 1 aromatic carbocycles. The van der Waals surface area contributed by atoms with Gasteiger partial charge >= 0.3 is 5.69 Å². The molecule has 1 amide bonds. The number of hydrogen-bond acceptors (Lipinski definition) is 7. The molecule has 0 radical (unpaired) electrons. The lowest BCUT2D eigenvalue weighted by molar-refractivity contribution is -0.126. The summed E-state index contributed by atoms with van der Waals surface area (Å²) in [5, 5.41) is 0.288. The first kappa shape index (κ1) is 31.7. The highest BCUT2D eigenvalue weighted by Gasteiger charge is 2.31. The molecule has 0 aliphatic carbocycles. The molecule has 1 fully saturated rings.